The number of rotatable bonds is 5. The summed E-state index contributed by atoms with van der Waals surface area (Å²) >= 11 is 0. The van der Waals surface area contributed by atoms with Crippen molar-refractivity contribution in [1.82, 2.24) is 15.5 Å². The van der Waals surface area contributed by atoms with E-state index in [1.165, 1.54) is 4.90 Å². The number of amides is 3. The van der Waals surface area contributed by atoms with E-state index in [0.29, 0.717) is 13.0 Å². The highest BCUT2D eigenvalue weighted by Crippen LogP contribution is 2.20. The van der Waals surface area contributed by atoms with E-state index >= 15 is 0 Å². The summed E-state index contributed by atoms with van der Waals surface area (Å²) in [5.41, 5.74) is -0.606. The van der Waals surface area contributed by atoms with Gasteiger partial charge in [-0.15, -0.1) is 6.42 Å². The van der Waals surface area contributed by atoms with Gasteiger partial charge in [-0.1, -0.05) is 5.92 Å². The fourth-order valence-electron chi connectivity index (χ4n) is 2.40. The number of likely N-dealkylation sites (tertiary alicyclic amines) is 1. The Hall–Kier alpha value is -2.23. The Morgan fingerprint density at radius 2 is 1.96 bits per heavy atom. The smallest absolute Gasteiger partial charge is 0.410 e. The molecule has 0 radical (unpaired) electrons. The minimum absolute atomic E-state index is 0.145. The predicted molar refractivity (Wildman–Crippen MR) is 90.0 cm³/mol. The molecular formula is C17H27N3O4. The Balaban J connectivity index is 2.52. The molecule has 1 aliphatic heterocycles. The standard InChI is InChI=1S/C17H27N3O4/c1-5-10-18-14(21)9-11-19-15(22)13-8-6-7-12-20(13)16(23)24-17(2,3)4/h1,13H,6-12H2,2-4H3,(H,18,21)(H,19,22)/t13-/m0/s1. The minimum atomic E-state index is -0.606. The number of nitrogens with one attached hydrogen (secondary N) is 2. The summed E-state index contributed by atoms with van der Waals surface area (Å²) in [4.78, 5) is 37.5. The zero-order valence-electron chi connectivity index (χ0n) is 14.7. The molecule has 1 fully saturated rings. The van der Waals surface area contributed by atoms with Crippen molar-refractivity contribution in [2.45, 2.75) is 58.1 Å². The maximum absolute atomic E-state index is 12.3. The normalized spacial score (nSPS) is 17.6. The van der Waals surface area contributed by atoms with Gasteiger partial charge in [0, 0.05) is 19.5 Å². The maximum atomic E-state index is 12.3. The van der Waals surface area contributed by atoms with Crippen molar-refractivity contribution >= 4 is 17.9 Å². The average Bonchev–Trinajstić information content (AvgIpc) is 2.51. The van der Waals surface area contributed by atoms with Gasteiger partial charge in [-0.3, -0.25) is 14.5 Å². The zero-order chi connectivity index (χ0) is 18.2. The molecule has 0 bridgehead atoms. The van der Waals surface area contributed by atoms with Gasteiger partial charge >= 0.3 is 6.09 Å². The van der Waals surface area contributed by atoms with Crippen LogP contribution in [0.2, 0.25) is 0 Å². The number of terminal acetylenes is 1. The van der Waals surface area contributed by atoms with Crippen LogP contribution in [0.4, 0.5) is 4.79 Å². The van der Waals surface area contributed by atoms with E-state index in [2.05, 4.69) is 16.6 Å². The van der Waals surface area contributed by atoms with E-state index in [1.54, 1.807) is 20.8 Å². The molecule has 0 saturated carbocycles. The summed E-state index contributed by atoms with van der Waals surface area (Å²) in [5.74, 6) is 1.83. The lowest BCUT2D eigenvalue weighted by atomic mass is 10.0. The van der Waals surface area contributed by atoms with Crippen LogP contribution in [0.5, 0.6) is 0 Å². The van der Waals surface area contributed by atoms with E-state index in [1.807, 2.05) is 0 Å². The van der Waals surface area contributed by atoms with Gasteiger partial charge in [0.1, 0.15) is 11.6 Å². The number of piperidine rings is 1. The van der Waals surface area contributed by atoms with Gasteiger partial charge in [0.25, 0.3) is 0 Å². The molecule has 7 heteroatoms. The lowest BCUT2D eigenvalue weighted by Crippen LogP contribution is -2.53. The Labute approximate surface area is 143 Å². The first kappa shape index (κ1) is 19.8. The van der Waals surface area contributed by atoms with Crippen LogP contribution in [0.3, 0.4) is 0 Å². The third-order valence-corrected chi connectivity index (χ3v) is 3.47. The molecule has 2 N–H and O–H groups in total. The maximum Gasteiger partial charge on any atom is 0.410 e. The fraction of sp³-hybridized carbons (Fsp3) is 0.706. The van der Waals surface area contributed by atoms with E-state index in [0.717, 1.165) is 12.8 Å². The number of carbonyl (C=O) groups excluding carboxylic acids is 3. The largest absolute Gasteiger partial charge is 0.444 e. The van der Waals surface area contributed by atoms with Crippen molar-refractivity contribution in [2.75, 3.05) is 19.6 Å². The number of carbonyl (C=O) groups is 3. The number of ether oxygens (including phenoxy) is 1. The highest BCUT2D eigenvalue weighted by molar-refractivity contribution is 5.86. The molecule has 0 unspecified atom stereocenters. The van der Waals surface area contributed by atoms with Crippen LogP contribution < -0.4 is 10.6 Å². The average molecular weight is 337 g/mol. The zero-order valence-corrected chi connectivity index (χ0v) is 14.7. The highest BCUT2D eigenvalue weighted by atomic mass is 16.6. The van der Waals surface area contributed by atoms with Gasteiger partial charge in [0.15, 0.2) is 0 Å². The minimum Gasteiger partial charge on any atom is -0.444 e. The molecule has 24 heavy (non-hydrogen) atoms. The molecule has 0 aromatic heterocycles. The molecule has 1 rings (SSSR count). The summed E-state index contributed by atoms with van der Waals surface area (Å²) in [5, 5.41) is 5.23. The first-order valence-corrected chi connectivity index (χ1v) is 8.22. The molecule has 1 saturated heterocycles. The second-order valence-corrected chi connectivity index (χ2v) is 6.71. The molecule has 1 heterocycles. The Bertz CT molecular complexity index is 505. The van der Waals surface area contributed by atoms with E-state index in [9.17, 15) is 14.4 Å². The number of nitrogens with zero attached hydrogens (tertiary/aromatic N) is 1. The summed E-state index contributed by atoms with van der Waals surface area (Å²) in [6, 6.07) is -0.553. The van der Waals surface area contributed by atoms with Crippen LogP contribution in [0.1, 0.15) is 46.5 Å². The fourth-order valence-corrected chi connectivity index (χ4v) is 2.40. The lowest BCUT2D eigenvalue weighted by molar-refractivity contribution is -0.127. The molecule has 0 spiro atoms. The molecule has 1 atom stereocenters. The second-order valence-electron chi connectivity index (χ2n) is 6.71. The van der Waals surface area contributed by atoms with Crippen LogP contribution in [0.25, 0.3) is 0 Å². The molecule has 134 valence electrons. The SMILES string of the molecule is C#CCNC(=O)CCNC(=O)[C@@H]1CCCCN1C(=O)OC(C)(C)C. The van der Waals surface area contributed by atoms with Crippen molar-refractivity contribution in [3.8, 4) is 12.3 Å². The van der Waals surface area contributed by atoms with E-state index < -0.39 is 17.7 Å². The van der Waals surface area contributed by atoms with Crippen molar-refractivity contribution in [3.05, 3.63) is 0 Å². The third kappa shape index (κ3) is 6.90. The summed E-state index contributed by atoms with van der Waals surface area (Å²) < 4.78 is 5.37. The van der Waals surface area contributed by atoms with Crippen molar-refractivity contribution < 1.29 is 19.1 Å². The van der Waals surface area contributed by atoms with Gasteiger partial charge in [-0.05, 0) is 40.0 Å². The molecule has 1 aliphatic rings. The van der Waals surface area contributed by atoms with Gasteiger partial charge < -0.3 is 15.4 Å². The predicted octanol–water partition coefficient (Wildman–Crippen LogP) is 1.03. The second kappa shape index (κ2) is 9.16. The van der Waals surface area contributed by atoms with Gasteiger partial charge in [-0.25, -0.2) is 4.79 Å². The van der Waals surface area contributed by atoms with Crippen LogP contribution in [-0.4, -0.2) is 54.1 Å². The molecule has 0 aromatic rings. The van der Waals surface area contributed by atoms with Gasteiger partial charge in [0.2, 0.25) is 11.8 Å². The molecule has 3 amide bonds. The number of hydrogen-bond acceptors (Lipinski definition) is 4. The topological polar surface area (TPSA) is 87.7 Å². The van der Waals surface area contributed by atoms with Gasteiger partial charge in [0.05, 0.1) is 6.54 Å². The van der Waals surface area contributed by atoms with Crippen LogP contribution in [0, 0.1) is 12.3 Å². The van der Waals surface area contributed by atoms with E-state index in [4.69, 9.17) is 11.2 Å². The molecular weight excluding hydrogens is 310 g/mol. The van der Waals surface area contributed by atoms with Gasteiger partial charge in [-0.2, -0.15) is 0 Å². The molecule has 7 nitrogen and oxygen atoms in total. The molecule has 0 aliphatic carbocycles. The Kier molecular flexibility index (Phi) is 7.56. The third-order valence-electron chi connectivity index (χ3n) is 3.47. The monoisotopic (exact) mass is 337 g/mol. The van der Waals surface area contributed by atoms with Crippen molar-refractivity contribution in [2.24, 2.45) is 0 Å². The summed E-state index contributed by atoms with van der Waals surface area (Å²) in [7, 11) is 0. The first-order valence-electron chi connectivity index (χ1n) is 8.22. The van der Waals surface area contributed by atoms with Crippen LogP contribution in [-0.2, 0) is 14.3 Å². The quantitative estimate of drug-likeness (QED) is 0.734. The Morgan fingerprint density at radius 3 is 2.58 bits per heavy atom. The summed E-state index contributed by atoms with van der Waals surface area (Å²) in [6.07, 6.45) is 7.03. The van der Waals surface area contributed by atoms with Crippen LogP contribution in [0.15, 0.2) is 0 Å². The Morgan fingerprint density at radius 1 is 1.25 bits per heavy atom. The highest BCUT2D eigenvalue weighted by Gasteiger charge is 2.34. The summed E-state index contributed by atoms with van der Waals surface area (Å²) in [6.45, 7) is 6.24. The van der Waals surface area contributed by atoms with Crippen molar-refractivity contribution in [1.29, 1.82) is 0 Å². The van der Waals surface area contributed by atoms with Crippen LogP contribution >= 0.6 is 0 Å². The van der Waals surface area contributed by atoms with E-state index in [-0.39, 0.29) is 31.3 Å². The number of hydrogen-bond donors (Lipinski definition) is 2. The molecule has 0 aromatic carbocycles. The van der Waals surface area contributed by atoms with Crippen molar-refractivity contribution in [3.63, 3.8) is 0 Å². The first-order chi connectivity index (χ1) is 11.2. The lowest BCUT2D eigenvalue weighted by Gasteiger charge is -2.35.